The molecule has 2 nitrogen and oxygen atoms in total. The van der Waals surface area contributed by atoms with Crippen LogP contribution in [0.2, 0.25) is 0 Å². The summed E-state index contributed by atoms with van der Waals surface area (Å²) >= 11 is 0. The number of hydrogen-bond donors (Lipinski definition) is 0. The normalized spacial score (nSPS) is 10.5. The van der Waals surface area contributed by atoms with Gasteiger partial charge in [0.15, 0.2) is 0 Å². The summed E-state index contributed by atoms with van der Waals surface area (Å²) in [5.41, 5.74) is 1.96. The average molecular weight is 235 g/mol. The highest BCUT2D eigenvalue weighted by molar-refractivity contribution is 5.85. The quantitative estimate of drug-likeness (QED) is 0.671. The zero-order chi connectivity index (χ0) is 12.4. The summed E-state index contributed by atoms with van der Waals surface area (Å²) in [6.07, 6.45) is 1.90. The van der Waals surface area contributed by atoms with Crippen LogP contribution in [0.4, 0.5) is 0 Å². The first-order valence-corrected chi connectivity index (χ1v) is 5.86. The predicted molar refractivity (Wildman–Crippen MR) is 73.7 cm³/mol. The van der Waals surface area contributed by atoms with E-state index in [1.165, 1.54) is 5.39 Å². The lowest BCUT2D eigenvalue weighted by atomic mass is 10.1. The van der Waals surface area contributed by atoms with Crippen LogP contribution in [-0.2, 0) is 0 Å². The van der Waals surface area contributed by atoms with E-state index in [4.69, 9.17) is 4.74 Å². The molecular formula is C16H13NO. The van der Waals surface area contributed by atoms with Gasteiger partial charge in [0.05, 0.1) is 12.8 Å². The summed E-state index contributed by atoms with van der Waals surface area (Å²) in [5, 5.41) is 2.34. The Bertz CT molecular complexity index is 691. The predicted octanol–water partition coefficient (Wildman–Crippen LogP) is 3.91. The second-order valence-corrected chi connectivity index (χ2v) is 4.12. The molecule has 0 bridgehead atoms. The standard InChI is InChI=1S/C16H13NO/c1-18-16-9-5-4-8-14(16)15-10-12-6-2-3-7-13(12)11-17-15/h2-11H,1H3. The topological polar surface area (TPSA) is 22.1 Å². The van der Waals surface area contributed by atoms with Gasteiger partial charge in [-0.15, -0.1) is 0 Å². The third-order valence-corrected chi connectivity index (χ3v) is 3.01. The van der Waals surface area contributed by atoms with Gasteiger partial charge in [-0.2, -0.15) is 0 Å². The molecular weight excluding hydrogens is 222 g/mol. The van der Waals surface area contributed by atoms with E-state index in [1.54, 1.807) is 7.11 Å². The van der Waals surface area contributed by atoms with Crippen molar-refractivity contribution in [1.82, 2.24) is 4.98 Å². The Labute approximate surface area is 106 Å². The number of para-hydroxylation sites is 1. The number of methoxy groups -OCH3 is 1. The fourth-order valence-corrected chi connectivity index (χ4v) is 2.09. The molecule has 0 aliphatic carbocycles. The van der Waals surface area contributed by atoms with E-state index in [2.05, 4.69) is 23.2 Å². The molecule has 0 atom stereocenters. The molecule has 0 radical (unpaired) electrons. The molecule has 3 rings (SSSR count). The Morgan fingerprint density at radius 2 is 1.61 bits per heavy atom. The van der Waals surface area contributed by atoms with Crippen LogP contribution >= 0.6 is 0 Å². The third kappa shape index (κ3) is 1.82. The smallest absolute Gasteiger partial charge is 0.128 e. The minimum absolute atomic E-state index is 0.847. The van der Waals surface area contributed by atoms with Crippen LogP contribution in [0.5, 0.6) is 5.75 Å². The maximum absolute atomic E-state index is 5.37. The van der Waals surface area contributed by atoms with E-state index in [0.29, 0.717) is 0 Å². The Morgan fingerprint density at radius 3 is 2.44 bits per heavy atom. The van der Waals surface area contributed by atoms with Crippen LogP contribution in [0, 0.1) is 0 Å². The minimum atomic E-state index is 0.847. The van der Waals surface area contributed by atoms with Crippen molar-refractivity contribution in [2.45, 2.75) is 0 Å². The molecule has 0 saturated carbocycles. The highest BCUT2D eigenvalue weighted by Crippen LogP contribution is 2.29. The van der Waals surface area contributed by atoms with Crippen molar-refractivity contribution in [3.63, 3.8) is 0 Å². The average Bonchev–Trinajstić information content (AvgIpc) is 2.46. The zero-order valence-corrected chi connectivity index (χ0v) is 10.1. The molecule has 0 unspecified atom stereocenters. The summed E-state index contributed by atoms with van der Waals surface area (Å²) < 4.78 is 5.37. The highest BCUT2D eigenvalue weighted by Gasteiger charge is 2.06. The van der Waals surface area contributed by atoms with Crippen molar-refractivity contribution < 1.29 is 4.74 Å². The van der Waals surface area contributed by atoms with Crippen molar-refractivity contribution in [3.05, 3.63) is 60.8 Å². The van der Waals surface area contributed by atoms with Crippen LogP contribution in [0.25, 0.3) is 22.0 Å². The first-order valence-electron chi connectivity index (χ1n) is 5.86. The largest absolute Gasteiger partial charge is 0.496 e. The molecule has 0 aliphatic rings. The van der Waals surface area contributed by atoms with E-state index in [0.717, 1.165) is 22.4 Å². The van der Waals surface area contributed by atoms with Crippen LogP contribution in [0.1, 0.15) is 0 Å². The molecule has 2 aromatic carbocycles. The lowest BCUT2D eigenvalue weighted by Gasteiger charge is -2.08. The fourth-order valence-electron chi connectivity index (χ4n) is 2.09. The number of aromatic nitrogens is 1. The number of nitrogens with zero attached hydrogens (tertiary/aromatic N) is 1. The van der Waals surface area contributed by atoms with Crippen molar-refractivity contribution in [2.24, 2.45) is 0 Å². The molecule has 2 heteroatoms. The van der Waals surface area contributed by atoms with Crippen molar-refractivity contribution >= 4 is 10.8 Å². The molecule has 0 amide bonds. The lowest BCUT2D eigenvalue weighted by Crippen LogP contribution is -1.89. The summed E-state index contributed by atoms with van der Waals surface area (Å²) in [7, 11) is 1.68. The van der Waals surface area contributed by atoms with Gasteiger partial charge in [0.2, 0.25) is 0 Å². The first-order chi connectivity index (χ1) is 8.88. The molecule has 0 spiro atoms. The van der Waals surface area contributed by atoms with Gasteiger partial charge >= 0.3 is 0 Å². The van der Waals surface area contributed by atoms with Gasteiger partial charge in [0.25, 0.3) is 0 Å². The number of fused-ring (bicyclic) bond motifs is 1. The van der Waals surface area contributed by atoms with E-state index < -0.39 is 0 Å². The zero-order valence-electron chi connectivity index (χ0n) is 10.1. The van der Waals surface area contributed by atoms with Crippen molar-refractivity contribution in [1.29, 1.82) is 0 Å². The summed E-state index contributed by atoms with van der Waals surface area (Å²) in [5.74, 6) is 0.847. The summed E-state index contributed by atoms with van der Waals surface area (Å²) in [4.78, 5) is 4.51. The fraction of sp³-hybridized carbons (Fsp3) is 0.0625. The Morgan fingerprint density at radius 1 is 0.889 bits per heavy atom. The molecule has 0 N–H and O–H groups in total. The molecule has 0 fully saturated rings. The van der Waals surface area contributed by atoms with Crippen molar-refractivity contribution in [2.75, 3.05) is 7.11 Å². The van der Waals surface area contributed by atoms with Gasteiger partial charge in [0.1, 0.15) is 5.75 Å². The second-order valence-electron chi connectivity index (χ2n) is 4.12. The number of pyridine rings is 1. The SMILES string of the molecule is COc1ccccc1-c1cc2ccccc2cn1. The Hall–Kier alpha value is -2.35. The van der Waals surface area contributed by atoms with E-state index in [-0.39, 0.29) is 0 Å². The highest BCUT2D eigenvalue weighted by atomic mass is 16.5. The third-order valence-electron chi connectivity index (χ3n) is 3.01. The molecule has 0 saturated heterocycles. The van der Waals surface area contributed by atoms with E-state index in [9.17, 15) is 0 Å². The maximum Gasteiger partial charge on any atom is 0.128 e. The first kappa shape index (κ1) is 10.8. The van der Waals surface area contributed by atoms with Crippen molar-refractivity contribution in [3.8, 4) is 17.0 Å². The van der Waals surface area contributed by atoms with E-state index in [1.807, 2.05) is 42.6 Å². The lowest BCUT2D eigenvalue weighted by molar-refractivity contribution is 0.416. The van der Waals surface area contributed by atoms with Gasteiger partial charge in [0, 0.05) is 17.1 Å². The molecule has 88 valence electrons. The minimum Gasteiger partial charge on any atom is -0.496 e. The van der Waals surface area contributed by atoms with Gasteiger partial charge in [-0.3, -0.25) is 4.98 Å². The van der Waals surface area contributed by atoms with Gasteiger partial charge < -0.3 is 4.74 Å². The molecule has 1 aromatic heterocycles. The Kier molecular flexibility index (Phi) is 2.69. The Balaban J connectivity index is 2.19. The monoisotopic (exact) mass is 235 g/mol. The van der Waals surface area contributed by atoms with Crippen LogP contribution in [0.15, 0.2) is 60.8 Å². The van der Waals surface area contributed by atoms with Gasteiger partial charge in [-0.05, 0) is 23.6 Å². The molecule has 3 aromatic rings. The van der Waals surface area contributed by atoms with Crippen LogP contribution in [-0.4, -0.2) is 12.1 Å². The molecule has 1 heterocycles. The number of hydrogen-bond acceptors (Lipinski definition) is 2. The molecule has 0 aliphatic heterocycles. The number of ether oxygens (including phenoxy) is 1. The number of benzene rings is 2. The van der Waals surface area contributed by atoms with Gasteiger partial charge in [-0.1, -0.05) is 36.4 Å². The molecule has 18 heavy (non-hydrogen) atoms. The van der Waals surface area contributed by atoms with Gasteiger partial charge in [-0.25, -0.2) is 0 Å². The maximum atomic E-state index is 5.37. The van der Waals surface area contributed by atoms with Crippen LogP contribution in [0.3, 0.4) is 0 Å². The second kappa shape index (κ2) is 4.49. The number of rotatable bonds is 2. The van der Waals surface area contributed by atoms with E-state index >= 15 is 0 Å². The summed E-state index contributed by atoms with van der Waals surface area (Å²) in [6.45, 7) is 0. The van der Waals surface area contributed by atoms with Crippen LogP contribution < -0.4 is 4.74 Å². The summed E-state index contributed by atoms with van der Waals surface area (Å²) in [6, 6.07) is 18.2.